The van der Waals surface area contributed by atoms with Gasteiger partial charge in [-0.3, -0.25) is 0 Å². The van der Waals surface area contributed by atoms with Gasteiger partial charge in [0.05, 0.1) is 26.1 Å². The molecule has 2 N–H and O–H groups in total. The van der Waals surface area contributed by atoms with Crippen LogP contribution in [0.25, 0.3) is 5.69 Å². The molecule has 5 nitrogen and oxygen atoms in total. The number of anilines is 1. The Hall–Kier alpha value is -2.17. The quantitative estimate of drug-likeness (QED) is 0.919. The fraction of sp³-hybridized carbons (Fsp3) is 0.357. The number of methoxy groups -OCH3 is 2. The lowest BCUT2D eigenvalue weighted by Gasteiger charge is -2.17. The first-order valence-electron chi connectivity index (χ1n) is 6.12. The lowest BCUT2D eigenvalue weighted by atomic mass is 10.0. The van der Waals surface area contributed by atoms with Crippen molar-refractivity contribution in [3.8, 4) is 17.2 Å². The average molecular weight is 261 g/mol. The van der Waals surface area contributed by atoms with E-state index >= 15 is 0 Å². The van der Waals surface area contributed by atoms with Crippen LogP contribution in [-0.2, 0) is 0 Å². The molecule has 0 fully saturated rings. The van der Waals surface area contributed by atoms with Crippen molar-refractivity contribution in [2.24, 2.45) is 0 Å². The Morgan fingerprint density at radius 1 is 1.21 bits per heavy atom. The van der Waals surface area contributed by atoms with Gasteiger partial charge in [0.2, 0.25) is 0 Å². The van der Waals surface area contributed by atoms with Gasteiger partial charge >= 0.3 is 0 Å². The Balaban J connectivity index is 2.60. The number of hydrogen-bond donors (Lipinski definition) is 1. The van der Waals surface area contributed by atoms with E-state index < -0.39 is 0 Å². The van der Waals surface area contributed by atoms with E-state index in [1.807, 2.05) is 10.6 Å². The highest BCUT2D eigenvalue weighted by atomic mass is 16.5. The summed E-state index contributed by atoms with van der Waals surface area (Å²) in [6, 6.07) is 3.97. The van der Waals surface area contributed by atoms with Crippen molar-refractivity contribution in [3.05, 3.63) is 30.2 Å². The molecule has 0 saturated heterocycles. The molecule has 0 aliphatic heterocycles. The molecule has 1 aromatic heterocycles. The maximum atomic E-state index is 5.65. The third-order valence-corrected chi connectivity index (χ3v) is 3.02. The molecule has 0 aliphatic carbocycles. The summed E-state index contributed by atoms with van der Waals surface area (Å²) >= 11 is 0. The van der Waals surface area contributed by atoms with Crippen molar-refractivity contribution < 1.29 is 9.47 Å². The maximum absolute atomic E-state index is 5.65. The first-order chi connectivity index (χ1) is 9.06. The summed E-state index contributed by atoms with van der Waals surface area (Å²) in [5.41, 5.74) is 7.69. The van der Waals surface area contributed by atoms with Gasteiger partial charge in [0, 0.05) is 11.6 Å². The van der Waals surface area contributed by atoms with E-state index in [1.54, 1.807) is 26.7 Å². The van der Waals surface area contributed by atoms with Gasteiger partial charge in [-0.25, -0.2) is 4.98 Å². The molecule has 0 spiro atoms. The fourth-order valence-electron chi connectivity index (χ4n) is 2.04. The highest BCUT2D eigenvalue weighted by Crippen LogP contribution is 2.37. The van der Waals surface area contributed by atoms with Crippen LogP contribution in [0.5, 0.6) is 11.5 Å². The normalized spacial score (nSPS) is 10.8. The van der Waals surface area contributed by atoms with Crippen LogP contribution in [0.2, 0.25) is 0 Å². The number of aromatic nitrogens is 2. The van der Waals surface area contributed by atoms with Crippen molar-refractivity contribution in [1.82, 2.24) is 9.55 Å². The first kappa shape index (κ1) is 13.3. The Morgan fingerprint density at radius 2 is 1.95 bits per heavy atom. The van der Waals surface area contributed by atoms with Gasteiger partial charge in [0.25, 0.3) is 0 Å². The predicted molar refractivity (Wildman–Crippen MR) is 75.2 cm³/mol. The molecule has 2 aromatic rings. The molecular weight excluding hydrogens is 242 g/mol. The van der Waals surface area contributed by atoms with Crippen molar-refractivity contribution in [2.75, 3.05) is 20.0 Å². The minimum absolute atomic E-state index is 0.324. The van der Waals surface area contributed by atoms with Gasteiger partial charge in [-0.1, -0.05) is 13.8 Å². The maximum Gasteiger partial charge on any atom is 0.164 e. The molecule has 0 amide bonds. The van der Waals surface area contributed by atoms with Gasteiger partial charge in [0.15, 0.2) is 11.5 Å². The second-order valence-electron chi connectivity index (χ2n) is 4.63. The van der Waals surface area contributed by atoms with Crippen LogP contribution in [0, 0.1) is 0 Å². The Morgan fingerprint density at radius 3 is 2.42 bits per heavy atom. The van der Waals surface area contributed by atoms with E-state index in [0.717, 1.165) is 17.0 Å². The minimum Gasteiger partial charge on any atom is -0.493 e. The Bertz CT molecular complexity index is 576. The van der Waals surface area contributed by atoms with Crippen molar-refractivity contribution in [1.29, 1.82) is 0 Å². The van der Waals surface area contributed by atoms with Crippen LogP contribution in [0.15, 0.2) is 24.7 Å². The zero-order valence-corrected chi connectivity index (χ0v) is 11.7. The van der Waals surface area contributed by atoms with Gasteiger partial charge in [0.1, 0.15) is 12.1 Å². The topological polar surface area (TPSA) is 62.3 Å². The Labute approximate surface area is 113 Å². The largest absolute Gasteiger partial charge is 0.493 e. The predicted octanol–water partition coefficient (Wildman–Crippen LogP) is 2.60. The van der Waals surface area contributed by atoms with Crippen LogP contribution in [0.3, 0.4) is 0 Å². The van der Waals surface area contributed by atoms with Crippen molar-refractivity contribution >= 4 is 5.82 Å². The fourth-order valence-corrected chi connectivity index (χ4v) is 2.04. The molecule has 0 aliphatic rings. The lowest BCUT2D eigenvalue weighted by Crippen LogP contribution is -2.01. The number of benzene rings is 1. The van der Waals surface area contributed by atoms with Crippen LogP contribution >= 0.6 is 0 Å². The number of rotatable bonds is 4. The van der Waals surface area contributed by atoms with Gasteiger partial charge < -0.3 is 19.8 Å². The molecule has 19 heavy (non-hydrogen) atoms. The molecule has 5 heteroatoms. The van der Waals surface area contributed by atoms with E-state index in [0.29, 0.717) is 17.5 Å². The second-order valence-corrected chi connectivity index (χ2v) is 4.63. The first-order valence-corrected chi connectivity index (χ1v) is 6.12. The number of hydrogen-bond acceptors (Lipinski definition) is 4. The summed E-state index contributed by atoms with van der Waals surface area (Å²) in [5.74, 6) is 2.29. The molecule has 1 heterocycles. The van der Waals surface area contributed by atoms with E-state index in [4.69, 9.17) is 15.2 Å². The smallest absolute Gasteiger partial charge is 0.164 e. The Kier molecular flexibility index (Phi) is 3.64. The molecule has 0 saturated carbocycles. The van der Waals surface area contributed by atoms with E-state index in [9.17, 15) is 0 Å². The molecule has 102 valence electrons. The summed E-state index contributed by atoms with van der Waals surface area (Å²) < 4.78 is 12.7. The van der Waals surface area contributed by atoms with Crippen LogP contribution in [-0.4, -0.2) is 23.8 Å². The monoisotopic (exact) mass is 261 g/mol. The lowest BCUT2D eigenvalue weighted by molar-refractivity contribution is 0.350. The summed E-state index contributed by atoms with van der Waals surface area (Å²) in [4.78, 5) is 4.03. The van der Waals surface area contributed by atoms with Crippen molar-refractivity contribution in [2.45, 2.75) is 19.8 Å². The number of imidazole rings is 1. The molecular formula is C14H19N3O2. The number of nitrogen functional groups attached to an aromatic ring is 1. The molecule has 0 unspecified atom stereocenters. The van der Waals surface area contributed by atoms with Gasteiger partial charge in [-0.15, -0.1) is 0 Å². The highest BCUT2D eigenvalue weighted by Gasteiger charge is 2.15. The summed E-state index contributed by atoms with van der Waals surface area (Å²) in [7, 11) is 3.28. The standard InChI is InChI=1S/C14H19N3O2/c1-9(2)11-5-10(17-7-13(15)16-8-17)6-12(18-3)14(11)19-4/h5-9H,15H2,1-4H3. The summed E-state index contributed by atoms with van der Waals surface area (Å²) in [6.45, 7) is 4.23. The summed E-state index contributed by atoms with van der Waals surface area (Å²) in [5, 5.41) is 0. The van der Waals surface area contributed by atoms with Crippen molar-refractivity contribution in [3.63, 3.8) is 0 Å². The zero-order valence-electron chi connectivity index (χ0n) is 11.7. The third-order valence-electron chi connectivity index (χ3n) is 3.02. The molecule has 2 rings (SSSR count). The molecule has 1 aromatic carbocycles. The number of nitrogens with two attached hydrogens (primary N) is 1. The molecule has 0 radical (unpaired) electrons. The number of nitrogens with zero attached hydrogens (tertiary/aromatic N) is 2. The molecule has 0 bridgehead atoms. The van der Waals surface area contributed by atoms with Gasteiger partial charge in [-0.05, 0) is 12.0 Å². The van der Waals surface area contributed by atoms with E-state index in [-0.39, 0.29) is 0 Å². The molecule has 0 atom stereocenters. The average Bonchev–Trinajstić information content (AvgIpc) is 2.83. The second kappa shape index (κ2) is 5.22. The van der Waals surface area contributed by atoms with Crippen LogP contribution < -0.4 is 15.2 Å². The minimum atomic E-state index is 0.324. The van der Waals surface area contributed by atoms with Crippen LogP contribution in [0.4, 0.5) is 5.82 Å². The third kappa shape index (κ3) is 2.50. The van der Waals surface area contributed by atoms with E-state index in [2.05, 4.69) is 24.9 Å². The van der Waals surface area contributed by atoms with E-state index in [1.165, 1.54) is 0 Å². The zero-order chi connectivity index (χ0) is 14.0. The number of ether oxygens (including phenoxy) is 2. The highest BCUT2D eigenvalue weighted by molar-refractivity contribution is 5.56. The van der Waals surface area contributed by atoms with Crippen LogP contribution in [0.1, 0.15) is 25.3 Å². The summed E-state index contributed by atoms with van der Waals surface area (Å²) in [6.07, 6.45) is 3.45. The van der Waals surface area contributed by atoms with Gasteiger partial charge in [-0.2, -0.15) is 0 Å². The SMILES string of the molecule is COc1cc(-n2cnc(N)c2)cc(C(C)C)c1OC.